The van der Waals surface area contributed by atoms with Crippen LogP contribution in [-0.2, 0) is 6.54 Å². The van der Waals surface area contributed by atoms with E-state index in [1.807, 2.05) is 66.7 Å². The Labute approximate surface area is 189 Å². The van der Waals surface area contributed by atoms with Gasteiger partial charge < -0.3 is 14.8 Å². The van der Waals surface area contributed by atoms with Gasteiger partial charge in [0.05, 0.1) is 7.11 Å². The van der Waals surface area contributed by atoms with Crippen molar-refractivity contribution in [1.82, 2.24) is 10.2 Å². The van der Waals surface area contributed by atoms with E-state index in [-0.39, 0.29) is 12.1 Å². The second-order valence-electron chi connectivity index (χ2n) is 7.97. The number of hydrogen-bond donors (Lipinski definition) is 1. The first-order valence-corrected chi connectivity index (χ1v) is 10.8. The van der Waals surface area contributed by atoms with E-state index in [4.69, 9.17) is 9.47 Å². The van der Waals surface area contributed by atoms with Crippen LogP contribution in [0.25, 0.3) is 0 Å². The second-order valence-corrected chi connectivity index (χ2v) is 7.97. The molecule has 32 heavy (non-hydrogen) atoms. The molecule has 1 heterocycles. The van der Waals surface area contributed by atoms with Gasteiger partial charge in [-0.1, -0.05) is 42.5 Å². The molecule has 0 aliphatic carbocycles. The number of rotatable bonds is 7. The number of ether oxygens (including phenoxy) is 2. The Kier molecular flexibility index (Phi) is 6.92. The number of methoxy groups -OCH3 is 1. The standard InChI is InChI=1S/C26H29N3O3/c1-28(22-10-4-3-5-11-22)26(30)27-21-15-16-29(19-21)18-20-9-8-12-23(17-20)32-25-14-7-6-13-24(25)31-2/h3-14,17,21H,15-16,18-19H2,1-2H3,(H,27,30)/t21-/m1/s1. The smallest absolute Gasteiger partial charge is 0.321 e. The number of amides is 2. The molecule has 1 fully saturated rings. The fourth-order valence-electron chi connectivity index (χ4n) is 3.93. The summed E-state index contributed by atoms with van der Waals surface area (Å²) in [7, 11) is 3.43. The van der Waals surface area contributed by atoms with E-state index in [0.29, 0.717) is 11.5 Å². The summed E-state index contributed by atoms with van der Waals surface area (Å²) in [6.45, 7) is 2.58. The minimum absolute atomic E-state index is 0.0738. The zero-order valence-electron chi connectivity index (χ0n) is 18.5. The van der Waals surface area contributed by atoms with Crippen molar-refractivity contribution < 1.29 is 14.3 Å². The highest BCUT2D eigenvalue weighted by Gasteiger charge is 2.25. The van der Waals surface area contributed by atoms with E-state index in [1.54, 1.807) is 19.1 Å². The van der Waals surface area contributed by atoms with E-state index < -0.39 is 0 Å². The molecule has 0 saturated carbocycles. The SMILES string of the molecule is COc1ccccc1Oc1cccc(CN2CC[C@@H](NC(=O)N(C)c3ccccc3)C2)c1. The van der Waals surface area contributed by atoms with E-state index in [2.05, 4.69) is 22.3 Å². The zero-order chi connectivity index (χ0) is 22.3. The summed E-state index contributed by atoms with van der Waals surface area (Å²) in [6.07, 6.45) is 0.936. The third kappa shape index (κ3) is 5.39. The molecule has 0 bridgehead atoms. The molecule has 1 saturated heterocycles. The Bertz CT molecular complexity index is 1040. The third-order valence-electron chi connectivity index (χ3n) is 5.65. The van der Waals surface area contributed by atoms with Crippen LogP contribution in [0.2, 0.25) is 0 Å². The van der Waals surface area contributed by atoms with Crippen molar-refractivity contribution >= 4 is 11.7 Å². The summed E-state index contributed by atoms with van der Waals surface area (Å²) in [6, 6.07) is 25.5. The van der Waals surface area contributed by atoms with Gasteiger partial charge >= 0.3 is 6.03 Å². The van der Waals surface area contributed by atoms with E-state index in [0.717, 1.165) is 37.5 Å². The summed E-state index contributed by atoms with van der Waals surface area (Å²) in [5, 5.41) is 3.16. The highest BCUT2D eigenvalue weighted by Crippen LogP contribution is 2.31. The van der Waals surface area contributed by atoms with Crippen molar-refractivity contribution in [3.63, 3.8) is 0 Å². The molecule has 1 atom stereocenters. The van der Waals surface area contributed by atoms with Crippen LogP contribution in [0.1, 0.15) is 12.0 Å². The molecular weight excluding hydrogens is 402 g/mol. The molecule has 0 spiro atoms. The van der Waals surface area contributed by atoms with Gasteiger partial charge in [-0.3, -0.25) is 9.80 Å². The number of nitrogens with zero attached hydrogens (tertiary/aromatic N) is 2. The fourth-order valence-corrected chi connectivity index (χ4v) is 3.93. The Morgan fingerprint density at radius 3 is 2.56 bits per heavy atom. The fraction of sp³-hybridized carbons (Fsp3) is 0.269. The number of carbonyl (C=O) groups excluding carboxylic acids is 1. The average Bonchev–Trinajstić information content (AvgIpc) is 3.26. The topological polar surface area (TPSA) is 54.0 Å². The van der Waals surface area contributed by atoms with Gasteiger partial charge in [-0.2, -0.15) is 0 Å². The minimum atomic E-state index is -0.0738. The Balaban J connectivity index is 1.32. The highest BCUT2D eigenvalue weighted by molar-refractivity contribution is 5.91. The van der Waals surface area contributed by atoms with Crippen LogP contribution in [0.15, 0.2) is 78.9 Å². The van der Waals surface area contributed by atoms with Gasteiger partial charge in [0.1, 0.15) is 5.75 Å². The lowest BCUT2D eigenvalue weighted by Gasteiger charge is -2.22. The largest absolute Gasteiger partial charge is 0.493 e. The summed E-state index contributed by atoms with van der Waals surface area (Å²) in [5.74, 6) is 2.18. The normalized spacial score (nSPS) is 15.9. The number of carbonyl (C=O) groups is 1. The molecule has 0 aromatic heterocycles. The molecule has 2 amide bonds. The molecular formula is C26H29N3O3. The summed E-state index contributed by atoms with van der Waals surface area (Å²) < 4.78 is 11.4. The van der Waals surface area contributed by atoms with Gasteiger partial charge in [0, 0.05) is 38.4 Å². The first-order chi connectivity index (χ1) is 15.6. The number of benzene rings is 3. The van der Waals surface area contributed by atoms with Crippen LogP contribution < -0.4 is 19.7 Å². The third-order valence-corrected chi connectivity index (χ3v) is 5.65. The van der Waals surface area contributed by atoms with Crippen molar-refractivity contribution in [2.45, 2.75) is 19.0 Å². The van der Waals surface area contributed by atoms with Crippen LogP contribution >= 0.6 is 0 Å². The van der Waals surface area contributed by atoms with Gasteiger partial charge in [0.2, 0.25) is 0 Å². The monoisotopic (exact) mass is 431 g/mol. The maximum absolute atomic E-state index is 12.6. The lowest BCUT2D eigenvalue weighted by atomic mass is 10.2. The zero-order valence-corrected chi connectivity index (χ0v) is 18.5. The van der Waals surface area contributed by atoms with Gasteiger partial charge in [-0.15, -0.1) is 0 Å². The number of nitrogens with one attached hydrogen (secondary N) is 1. The van der Waals surface area contributed by atoms with Gasteiger partial charge in [0.15, 0.2) is 11.5 Å². The predicted octanol–water partition coefficient (Wildman–Crippen LogP) is 4.91. The molecule has 3 aromatic rings. The summed E-state index contributed by atoms with van der Waals surface area (Å²) in [5.41, 5.74) is 2.05. The first kappa shape index (κ1) is 21.7. The maximum Gasteiger partial charge on any atom is 0.321 e. The molecule has 166 valence electrons. The van der Waals surface area contributed by atoms with Crippen LogP contribution in [-0.4, -0.2) is 44.2 Å². The lowest BCUT2D eigenvalue weighted by Crippen LogP contribution is -2.44. The molecule has 4 rings (SSSR count). The van der Waals surface area contributed by atoms with Crippen molar-refractivity contribution in [2.75, 3.05) is 32.1 Å². The van der Waals surface area contributed by atoms with E-state index in [1.165, 1.54) is 5.56 Å². The van der Waals surface area contributed by atoms with Gasteiger partial charge in [-0.05, 0) is 48.4 Å². The summed E-state index contributed by atoms with van der Waals surface area (Å²) >= 11 is 0. The molecule has 6 heteroatoms. The Morgan fingerprint density at radius 2 is 1.78 bits per heavy atom. The number of para-hydroxylation sites is 3. The van der Waals surface area contributed by atoms with Crippen LogP contribution in [0.4, 0.5) is 10.5 Å². The highest BCUT2D eigenvalue weighted by atomic mass is 16.5. The number of anilines is 1. The number of urea groups is 1. The minimum Gasteiger partial charge on any atom is -0.493 e. The van der Waals surface area contributed by atoms with Gasteiger partial charge in [0.25, 0.3) is 0 Å². The lowest BCUT2D eigenvalue weighted by molar-refractivity contribution is 0.242. The average molecular weight is 432 g/mol. The molecule has 6 nitrogen and oxygen atoms in total. The molecule has 3 aromatic carbocycles. The van der Waals surface area contributed by atoms with Gasteiger partial charge in [-0.25, -0.2) is 4.79 Å². The first-order valence-electron chi connectivity index (χ1n) is 10.8. The van der Waals surface area contributed by atoms with Crippen molar-refractivity contribution in [3.05, 3.63) is 84.4 Å². The van der Waals surface area contributed by atoms with Crippen LogP contribution in [0, 0.1) is 0 Å². The molecule has 0 unspecified atom stereocenters. The molecule has 1 aliphatic rings. The number of likely N-dealkylation sites (tertiary alicyclic amines) is 1. The summed E-state index contributed by atoms with van der Waals surface area (Å²) in [4.78, 5) is 16.6. The molecule has 1 N–H and O–H groups in total. The molecule has 0 radical (unpaired) electrons. The predicted molar refractivity (Wildman–Crippen MR) is 127 cm³/mol. The van der Waals surface area contributed by atoms with Crippen molar-refractivity contribution in [2.24, 2.45) is 0 Å². The second kappa shape index (κ2) is 10.2. The van der Waals surface area contributed by atoms with Crippen LogP contribution in [0.3, 0.4) is 0 Å². The Morgan fingerprint density at radius 1 is 1.03 bits per heavy atom. The van der Waals surface area contributed by atoms with E-state index >= 15 is 0 Å². The molecule has 1 aliphatic heterocycles. The van der Waals surface area contributed by atoms with Crippen molar-refractivity contribution in [3.8, 4) is 17.2 Å². The maximum atomic E-state index is 12.6. The number of hydrogen-bond acceptors (Lipinski definition) is 4. The Hall–Kier alpha value is -3.51. The quantitative estimate of drug-likeness (QED) is 0.578. The van der Waals surface area contributed by atoms with Crippen molar-refractivity contribution in [1.29, 1.82) is 0 Å². The van der Waals surface area contributed by atoms with E-state index in [9.17, 15) is 4.79 Å². The van der Waals surface area contributed by atoms with Crippen LogP contribution in [0.5, 0.6) is 17.2 Å².